The van der Waals surface area contributed by atoms with Crippen molar-refractivity contribution < 1.29 is 14.3 Å². The van der Waals surface area contributed by atoms with Crippen molar-refractivity contribution in [2.75, 3.05) is 13.2 Å². The van der Waals surface area contributed by atoms with Crippen LogP contribution in [0.5, 0.6) is 11.5 Å². The number of hydrogen-bond donors (Lipinski definition) is 1. The lowest BCUT2D eigenvalue weighted by atomic mass is 9.98. The maximum Gasteiger partial charge on any atom is 0.249 e. The van der Waals surface area contributed by atoms with Crippen LogP contribution < -0.4 is 15.2 Å². The first-order chi connectivity index (χ1) is 11.1. The summed E-state index contributed by atoms with van der Waals surface area (Å²) in [5, 5.41) is 3.74. The van der Waals surface area contributed by atoms with E-state index in [9.17, 15) is 4.79 Å². The lowest BCUT2D eigenvalue weighted by Crippen LogP contribution is -2.12. The average molecular weight is 309 g/mol. The Labute approximate surface area is 134 Å². The molecular formula is C19H19NO3. The number of carbonyl (C=O) groups excluding carboxylic acids is 1. The van der Waals surface area contributed by atoms with Crippen molar-refractivity contribution in [1.82, 2.24) is 0 Å². The molecule has 4 heteroatoms. The maximum atomic E-state index is 11.8. The molecule has 0 aromatic heterocycles. The van der Waals surface area contributed by atoms with Gasteiger partial charge in [-0.15, -0.1) is 0 Å². The van der Waals surface area contributed by atoms with E-state index in [1.807, 2.05) is 50.2 Å². The lowest BCUT2D eigenvalue weighted by Gasteiger charge is -2.12. The van der Waals surface area contributed by atoms with Crippen molar-refractivity contribution in [3.8, 4) is 11.5 Å². The van der Waals surface area contributed by atoms with E-state index in [0.29, 0.717) is 24.5 Å². The van der Waals surface area contributed by atoms with E-state index in [1.54, 1.807) is 6.07 Å². The minimum absolute atomic E-state index is 0.461. The van der Waals surface area contributed by atoms with Crippen LogP contribution in [0.4, 0.5) is 0 Å². The van der Waals surface area contributed by atoms with Crippen LogP contribution in [-0.4, -0.2) is 19.1 Å². The second kappa shape index (κ2) is 6.16. The molecule has 0 unspecified atom stereocenters. The first kappa shape index (κ1) is 15.2. The average Bonchev–Trinajstić information content (AvgIpc) is 2.53. The Kier molecular flexibility index (Phi) is 4.06. The van der Waals surface area contributed by atoms with Crippen LogP contribution in [0.1, 0.15) is 24.2 Å². The fourth-order valence-electron chi connectivity index (χ4n) is 2.82. The van der Waals surface area contributed by atoms with Gasteiger partial charge in [0.2, 0.25) is 5.91 Å². The number of hydrogen-bond acceptors (Lipinski definition) is 3. The van der Waals surface area contributed by atoms with Crippen LogP contribution in [0, 0.1) is 0 Å². The van der Waals surface area contributed by atoms with Crippen LogP contribution in [-0.2, 0) is 0 Å². The summed E-state index contributed by atoms with van der Waals surface area (Å²) in [7, 11) is 0. The number of fused-ring (bicyclic) bond motifs is 2. The van der Waals surface area contributed by atoms with Crippen molar-refractivity contribution in [3.05, 3.63) is 48.0 Å². The molecule has 3 rings (SSSR count). The highest BCUT2D eigenvalue weighted by Crippen LogP contribution is 2.33. The summed E-state index contributed by atoms with van der Waals surface area (Å²) in [5.41, 5.74) is 6.01. The normalized spacial score (nSPS) is 10.9. The van der Waals surface area contributed by atoms with E-state index in [-0.39, 0.29) is 0 Å². The third-order valence-electron chi connectivity index (χ3n) is 3.76. The summed E-state index contributed by atoms with van der Waals surface area (Å²) >= 11 is 0. The van der Waals surface area contributed by atoms with Crippen molar-refractivity contribution in [2.45, 2.75) is 13.8 Å². The molecule has 0 aliphatic carbocycles. The molecule has 0 spiro atoms. The molecule has 0 saturated heterocycles. The SMILES string of the molecule is CCOc1cc(C(N)=O)c2cc3cccc(OCC)c3cc2c1. The number of ether oxygens (including phenoxy) is 2. The standard InChI is InChI=1S/C19H19NO3/c1-3-22-14-8-13-10-16-12(6-5-7-18(16)23-4-2)9-15(13)17(11-14)19(20)21/h5-11H,3-4H2,1-2H3,(H2,20,21). The van der Waals surface area contributed by atoms with Crippen LogP contribution in [0.25, 0.3) is 21.5 Å². The van der Waals surface area contributed by atoms with E-state index in [0.717, 1.165) is 27.3 Å². The topological polar surface area (TPSA) is 61.5 Å². The van der Waals surface area contributed by atoms with Crippen LogP contribution in [0.3, 0.4) is 0 Å². The first-order valence-corrected chi connectivity index (χ1v) is 7.70. The quantitative estimate of drug-likeness (QED) is 0.727. The molecule has 0 fully saturated rings. The second-order valence-corrected chi connectivity index (χ2v) is 5.25. The third kappa shape index (κ3) is 2.80. The molecule has 0 aliphatic heterocycles. The molecular weight excluding hydrogens is 290 g/mol. The highest BCUT2D eigenvalue weighted by atomic mass is 16.5. The van der Waals surface area contributed by atoms with Crippen molar-refractivity contribution >= 4 is 27.5 Å². The van der Waals surface area contributed by atoms with Crippen LogP contribution >= 0.6 is 0 Å². The summed E-state index contributed by atoms with van der Waals surface area (Å²) < 4.78 is 11.3. The minimum atomic E-state index is -0.461. The summed E-state index contributed by atoms with van der Waals surface area (Å²) in [6.45, 7) is 4.99. The minimum Gasteiger partial charge on any atom is -0.494 e. The summed E-state index contributed by atoms with van der Waals surface area (Å²) in [6, 6.07) is 13.5. The van der Waals surface area contributed by atoms with Crippen LogP contribution in [0.15, 0.2) is 42.5 Å². The molecule has 23 heavy (non-hydrogen) atoms. The van der Waals surface area contributed by atoms with Crippen molar-refractivity contribution in [2.24, 2.45) is 5.73 Å². The van der Waals surface area contributed by atoms with E-state index in [2.05, 4.69) is 0 Å². The second-order valence-electron chi connectivity index (χ2n) is 5.25. The largest absolute Gasteiger partial charge is 0.494 e. The Morgan fingerprint density at radius 2 is 1.70 bits per heavy atom. The molecule has 2 N–H and O–H groups in total. The highest BCUT2D eigenvalue weighted by molar-refractivity contribution is 6.11. The maximum absolute atomic E-state index is 11.8. The Morgan fingerprint density at radius 3 is 2.39 bits per heavy atom. The van der Waals surface area contributed by atoms with Gasteiger partial charge in [0.15, 0.2) is 0 Å². The Bertz CT molecular complexity index is 887. The van der Waals surface area contributed by atoms with Gasteiger partial charge in [0, 0.05) is 5.39 Å². The highest BCUT2D eigenvalue weighted by Gasteiger charge is 2.12. The molecule has 4 nitrogen and oxygen atoms in total. The number of benzene rings is 3. The van der Waals surface area contributed by atoms with E-state index in [4.69, 9.17) is 15.2 Å². The summed E-state index contributed by atoms with van der Waals surface area (Å²) in [6.07, 6.45) is 0. The van der Waals surface area contributed by atoms with E-state index in [1.165, 1.54) is 0 Å². The van der Waals surface area contributed by atoms with Gasteiger partial charge in [-0.3, -0.25) is 4.79 Å². The fraction of sp³-hybridized carbons (Fsp3) is 0.211. The number of nitrogens with two attached hydrogens (primary N) is 1. The molecule has 1 amide bonds. The summed E-state index contributed by atoms with van der Waals surface area (Å²) in [4.78, 5) is 11.8. The molecule has 0 aliphatic rings. The predicted molar refractivity (Wildman–Crippen MR) is 92.3 cm³/mol. The first-order valence-electron chi connectivity index (χ1n) is 7.70. The zero-order chi connectivity index (χ0) is 16.4. The molecule has 0 bridgehead atoms. The predicted octanol–water partition coefficient (Wildman–Crippen LogP) is 3.89. The van der Waals surface area contributed by atoms with Gasteiger partial charge in [0.05, 0.1) is 18.8 Å². The number of rotatable bonds is 5. The molecule has 118 valence electrons. The Morgan fingerprint density at radius 1 is 0.957 bits per heavy atom. The van der Waals surface area contributed by atoms with Gasteiger partial charge in [-0.1, -0.05) is 12.1 Å². The fourth-order valence-corrected chi connectivity index (χ4v) is 2.82. The summed E-state index contributed by atoms with van der Waals surface area (Å²) in [5.74, 6) is 1.01. The zero-order valence-electron chi connectivity index (χ0n) is 13.3. The molecule has 3 aromatic carbocycles. The molecule has 0 radical (unpaired) electrons. The zero-order valence-corrected chi connectivity index (χ0v) is 13.3. The monoisotopic (exact) mass is 309 g/mol. The Balaban J connectivity index is 2.34. The van der Waals surface area contributed by atoms with Crippen molar-refractivity contribution in [3.63, 3.8) is 0 Å². The van der Waals surface area contributed by atoms with E-state index >= 15 is 0 Å². The van der Waals surface area contributed by atoms with Crippen molar-refractivity contribution in [1.29, 1.82) is 0 Å². The molecule has 0 saturated carbocycles. The number of carbonyl (C=O) groups is 1. The molecule has 0 atom stereocenters. The molecule has 0 heterocycles. The van der Waals surface area contributed by atoms with Gasteiger partial charge in [0.25, 0.3) is 0 Å². The smallest absolute Gasteiger partial charge is 0.249 e. The Hall–Kier alpha value is -2.75. The van der Waals surface area contributed by atoms with Gasteiger partial charge in [-0.2, -0.15) is 0 Å². The lowest BCUT2D eigenvalue weighted by molar-refractivity contribution is 0.100. The number of primary amides is 1. The van der Waals surface area contributed by atoms with Crippen LogP contribution in [0.2, 0.25) is 0 Å². The van der Waals surface area contributed by atoms with Gasteiger partial charge in [-0.25, -0.2) is 0 Å². The van der Waals surface area contributed by atoms with Gasteiger partial charge in [0.1, 0.15) is 11.5 Å². The van der Waals surface area contributed by atoms with Gasteiger partial charge < -0.3 is 15.2 Å². The van der Waals surface area contributed by atoms with Gasteiger partial charge in [-0.05, 0) is 60.3 Å². The number of amides is 1. The van der Waals surface area contributed by atoms with E-state index < -0.39 is 5.91 Å². The molecule has 3 aromatic rings. The van der Waals surface area contributed by atoms with Gasteiger partial charge >= 0.3 is 0 Å². The third-order valence-corrected chi connectivity index (χ3v) is 3.76.